The number of rotatable bonds is 1. The van der Waals surface area contributed by atoms with Crippen LogP contribution >= 0.6 is 0 Å². The van der Waals surface area contributed by atoms with Gasteiger partial charge in [0.15, 0.2) is 0 Å². The minimum absolute atomic E-state index is 0.0288. The average Bonchev–Trinajstić information content (AvgIpc) is 2.17. The smallest absolute Gasteiger partial charge is 0.269 e. The van der Waals surface area contributed by atoms with Gasteiger partial charge in [-0.3, -0.25) is 4.79 Å². The van der Waals surface area contributed by atoms with E-state index in [-0.39, 0.29) is 16.1 Å². The highest BCUT2D eigenvalue weighted by Gasteiger charge is 2.09. The molecule has 0 aliphatic heterocycles. The van der Waals surface area contributed by atoms with E-state index >= 15 is 0 Å². The second kappa shape index (κ2) is 3.39. The normalized spacial score (nSPS) is 11.9. The third-order valence-corrected chi connectivity index (χ3v) is 3.07. The molecule has 0 bridgehead atoms. The van der Waals surface area contributed by atoms with E-state index in [1.54, 1.807) is 6.92 Å². The third-order valence-electron chi connectivity index (χ3n) is 2.16. The summed E-state index contributed by atoms with van der Waals surface area (Å²) in [7, 11) is -3.75. The summed E-state index contributed by atoms with van der Waals surface area (Å²) in [6, 6.07) is 4.11. The topological polar surface area (TPSA) is 106 Å². The standard InChI is InChI=1S/C9H9N3O3S/c1-5-9(13)12-7-3-2-6(16(10,14)15)4-8(7)11-5/h2-4H,1H3,(H,12,13)(H2,10,14,15). The molecule has 0 saturated carbocycles. The molecule has 6 nitrogen and oxygen atoms in total. The lowest BCUT2D eigenvalue weighted by atomic mass is 10.3. The van der Waals surface area contributed by atoms with Crippen molar-refractivity contribution in [2.24, 2.45) is 5.14 Å². The van der Waals surface area contributed by atoms with Crippen LogP contribution in [-0.2, 0) is 10.0 Å². The maximum absolute atomic E-state index is 11.3. The summed E-state index contributed by atoms with van der Waals surface area (Å²) in [5, 5.41) is 4.99. The molecule has 1 aromatic carbocycles. The van der Waals surface area contributed by atoms with Gasteiger partial charge in [-0.05, 0) is 25.1 Å². The number of aryl methyl sites for hydroxylation is 1. The highest BCUT2D eigenvalue weighted by molar-refractivity contribution is 7.89. The molecular weight excluding hydrogens is 230 g/mol. The van der Waals surface area contributed by atoms with E-state index in [9.17, 15) is 13.2 Å². The van der Waals surface area contributed by atoms with Crippen molar-refractivity contribution in [3.05, 3.63) is 34.2 Å². The molecule has 1 aromatic heterocycles. The number of aromatic nitrogens is 2. The van der Waals surface area contributed by atoms with Gasteiger partial charge in [-0.15, -0.1) is 0 Å². The number of H-pyrrole nitrogens is 1. The van der Waals surface area contributed by atoms with Gasteiger partial charge in [-0.2, -0.15) is 0 Å². The average molecular weight is 239 g/mol. The van der Waals surface area contributed by atoms with Gasteiger partial charge in [0.05, 0.1) is 15.9 Å². The molecule has 0 radical (unpaired) electrons. The molecule has 1 heterocycles. The van der Waals surface area contributed by atoms with Crippen LogP contribution in [0.3, 0.4) is 0 Å². The number of primary sulfonamides is 1. The first-order valence-corrected chi connectivity index (χ1v) is 5.96. The summed E-state index contributed by atoms with van der Waals surface area (Å²) in [5.74, 6) is 0. The van der Waals surface area contributed by atoms with Crippen molar-refractivity contribution in [1.29, 1.82) is 0 Å². The van der Waals surface area contributed by atoms with Crippen LogP contribution in [0.5, 0.6) is 0 Å². The Morgan fingerprint density at radius 2 is 2.06 bits per heavy atom. The van der Waals surface area contributed by atoms with E-state index in [0.717, 1.165) is 0 Å². The Hall–Kier alpha value is -1.73. The number of hydrogen-bond acceptors (Lipinski definition) is 4. The number of nitrogens with one attached hydrogen (secondary N) is 1. The third kappa shape index (κ3) is 1.82. The minimum atomic E-state index is -3.75. The Balaban J connectivity index is 2.82. The van der Waals surface area contributed by atoms with Gasteiger partial charge in [0.2, 0.25) is 10.0 Å². The predicted octanol–water partition coefficient (Wildman–Crippen LogP) is -0.121. The van der Waals surface area contributed by atoms with Gasteiger partial charge in [-0.1, -0.05) is 0 Å². The summed E-state index contributed by atoms with van der Waals surface area (Å²) in [5.41, 5.74) is 0.849. The fourth-order valence-corrected chi connectivity index (χ4v) is 1.86. The Kier molecular flexibility index (Phi) is 2.28. The van der Waals surface area contributed by atoms with Gasteiger partial charge in [0.1, 0.15) is 5.69 Å². The molecule has 3 N–H and O–H groups in total. The molecular formula is C9H9N3O3S. The van der Waals surface area contributed by atoms with Crippen LogP contribution in [0.15, 0.2) is 27.9 Å². The second-order valence-electron chi connectivity index (χ2n) is 3.38. The zero-order chi connectivity index (χ0) is 11.9. The van der Waals surface area contributed by atoms with E-state index in [1.807, 2.05) is 0 Å². The zero-order valence-electron chi connectivity index (χ0n) is 8.39. The van der Waals surface area contributed by atoms with Crippen LogP contribution in [0.2, 0.25) is 0 Å². The molecule has 0 saturated heterocycles. The van der Waals surface area contributed by atoms with E-state index in [1.165, 1.54) is 18.2 Å². The number of nitrogens with zero attached hydrogens (tertiary/aromatic N) is 1. The van der Waals surface area contributed by atoms with Crippen molar-refractivity contribution >= 4 is 21.1 Å². The highest BCUT2D eigenvalue weighted by Crippen LogP contribution is 2.13. The Labute approximate surface area is 91.2 Å². The molecule has 0 atom stereocenters. The second-order valence-corrected chi connectivity index (χ2v) is 4.94. The number of hydrogen-bond donors (Lipinski definition) is 2. The largest absolute Gasteiger partial charge is 0.319 e. The van der Waals surface area contributed by atoms with Gasteiger partial charge >= 0.3 is 0 Å². The fraction of sp³-hybridized carbons (Fsp3) is 0.111. The number of fused-ring (bicyclic) bond motifs is 1. The molecule has 16 heavy (non-hydrogen) atoms. The SMILES string of the molecule is Cc1nc2cc(S(N)(=O)=O)ccc2[nH]c1=O. The van der Waals surface area contributed by atoms with Crippen molar-refractivity contribution in [3.63, 3.8) is 0 Å². The Morgan fingerprint density at radius 1 is 1.38 bits per heavy atom. The number of benzene rings is 1. The van der Waals surface area contributed by atoms with Crippen molar-refractivity contribution in [3.8, 4) is 0 Å². The molecule has 0 aliphatic carbocycles. The van der Waals surface area contributed by atoms with Crippen molar-refractivity contribution in [1.82, 2.24) is 9.97 Å². The molecule has 84 valence electrons. The maximum atomic E-state index is 11.3. The van der Waals surface area contributed by atoms with Crippen molar-refractivity contribution in [2.75, 3.05) is 0 Å². The number of sulfonamides is 1. The summed E-state index contributed by atoms with van der Waals surface area (Å²) >= 11 is 0. The van der Waals surface area contributed by atoms with E-state index in [2.05, 4.69) is 9.97 Å². The maximum Gasteiger partial charge on any atom is 0.269 e. The predicted molar refractivity (Wildman–Crippen MR) is 58.5 cm³/mol. The summed E-state index contributed by atoms with van der Waals surface area (Å²) in [4.78, 5) is 17.8. The molecule has 0 amide bonds. The highest BCUT2D eigenvalue weighted by atomic mass is 32.2. The van der Waals surface area contributed by atoms with Crippen LogP contribution < -0.4 is 10.7 Å². The van der Waals surface area contributed by atoms with Crippen molar-refractivity contribution < 1.29 is 8.42 Å². The quantitative estimate of drug-likeness (QED) is 0.723. The summed E-state index contributed by atoms with van der Waals surface area (Å²) in [6.07, 6.45) is 0. The molecule has 2 aromatic rings. The lowest BCUT2D eigenvalue weighted by molar-refractivity contribution is 0.598. The molecule has 0 fully saturated rings. The Morgan fingerprint density at radius 3 is 2.69 bits per heavy atom. The Bertz CT molecular complexity index is 718. The molecule has 7 heteroatoms. The van der Waals surface area contributed by atoms with Crippen LogP contribution in [0.4, 0.5) is 0 Å². The first kappa shape index (κ1) is 10.8. The first-order chi connectivity index (χ1) is 7.38. The van der Waals surface area contributed by atoms with E-state index in [4.69, 9.17) is 5.14 Å². The van der Waals surface area contributed by atoms with Crippen molar-refractivity contribution in [2.45, 2.75) is 11.8 Å². The van der Waals surface area contributed by atoms with Crippen LogP contribution in [0.25, 0.3) is 11.0 Å². The molecule has 2 rings (SSSR count). The monoisotopic (exact) mass is 239 g/mol. The summed E-state index contributed by atoms with van der Waals surface area (Å²) in [6.45, 7) is 1.54. The number of aromatic amines is 1. The lowest BCUT2D eigenvalue weighted by Gasteiger charge is -2.01. The van der Waals surface area contributed by atoms with Crippen LogP contribution in [0.1, 0.15) is 5.69 Å². The summed E-state index contributed by atoms with van der Waals surface area (Å²) < 4.78 is 22.2. The van der Waals surface area contributed by atoms with Gasteiger partial charge in [0.25, 0.3) is 5.56 Å². The van der Waals surface area contributed by atoms with Gasteiger partial charge in [0, 0.05) is 0 Å². The van der Waals surface area contributed by atoms with Crippen LogP contribution in [0, 0.1) is 6.92 Å². The number of nitrogens with two attached hydrogens (primary N) is 1. The molecule has 0 unspecified atom stereocenters. The van der Waals surface area contributed by atoms with Gasteiger partial charge < -0.3 is 4.98 Å². The fourth-order valence-electron chi connectivity index (χ4n) is 1.33. The molecule has 0 aliphatic rings. The van der Waals surface area contributed by atoms with Crippen LogP contribution in [-0.4, -0.2) is 18.4 Å². The first-order valence-electron chi connectivity index (χ1n) is 4.41. The van der Waals surface area contributed by atoms with E-state index in [0.29, 0.717) is 11.0 Å². The zero-order valence-corrected chi connectivity index (χ0v) is 9.21. The molecule has 0 spiro atoms. The van der Waals surface area contributed by atoms with E-state index < -0.39 is 10.0 Å². The lowest BCUT2D eigenvalue weighted by Crippen LogP contribution is -2.14. The minimum Gasteiger partial charge on any atom is -0.319 e. The van der Waals surface area contributed by atoms with Gasteiger partial charge in [-0.25, -0.2) is 18.5 Å².